The monoisotopic (exact) mass is 234 g/mol. The third-order valence-electron chi connectivity index (χ3n) is 3.13. The lowest BCUT2D eigenvalue weighted by molar-refractivity contribution is 0.219. The molecule has 0 unspecified atom stereocenters. The minimum atomic E-state index is 0.543. The number of nitriles is 1. The van der Waals surface area contributed by atoms with Gasteiger partial charge in [0, 0.05) is 19.6 Å². The molecule has 1 saturated carbocycles. The van der Waals surface area contributed by atoms with E-state index in [-0.39, 0.29) is 0 Å². The molecular formula is C12H18N4O. The van der Waals surface area contributed by atoms with E-state index in [1.54, 1.807) is 11.7 Å². The molecule has 1 aliphatic rings. The van der Waals surface area contributed by atoms with Gasteiger partial charge in [0.1, 0.15) is 18.2 Å². The molecule has 5 nitrogen and oxygen atoms in total. The lowest BCUT2D eigenvalue weighted by Gasteiger charge is -2.15. The second-order valence-corrected chi connectivity index (χ2v) is 4.56. The van der Waals surface area contributed by atoms with E-state index in [0.29, 0.717) is 18.1 Å². The Morgan fingerprint density at radius 2 is 2.29 bits per heavy atom. The molecule has 17 heavy (non-hydrogen) atoms. The summed E-state index contributed by atoms with van der Waals surface area (Å²) in [5, 5.41) is 13.2. The van der Waals surface area contributed by atoms with Gasteiger partial charge in [-0.2, -0.15) is 10.4 Å². The fraction of sp³-hybridized carbons (Fsp3) is 0.667. The molecule has 0 amide bonds. The molecule has 92 valence electrons. The van der Waals surface area contributed by atoms with Crippen LogP contribution in [0.4, 0.5) is 0 Å². The van der Waals surface area contributed by atoms with Gasteiger partial charge >= 0.3 is 0 Å². The standard InChI is InChI=1S/C12H18N4O/c1-9-11(8-13)12(16(3)14-9)17-7-6-15(2)10-4-5-10/h10H,4-7H2,1-3H3. The highest BCUT2D eigenvalue weighted by molar-refractivity contribution is 5.41. The number of likely N-dealkylation sites (N-methyl/N-ethyl adjacent to an activating group) is 1. The fourth-order valence-electron chi connectivity index (χ4n) is 1.92. The molecule has 0 atom stereocenters. The highest BCUT2D eigenvalue weighted by atomic mass is 16.5. The van der Waals surface area contributed by atoms with Gasteiger partial charge in [0.15, 0.2) is 0 Å². The molecule has 2 rings (SSSR count). The number of hydrogen-bond acceptors (Lipinski definition) is 4. The smallest absolute Gasteiger partial charge is 0.230 e. The van der Waals surface area contributed by atoms with Crippen molar-refractivity contribution in [3.8, 4) is 11.9 Å². The minimum absolute atomic E-state index is 0.543. The molecule has 0 aromatic carbocycles. The molecule has 1 aromatic rings. The number of rotatable bonds is 5. The van der Waals surface area contributed by atoms with E-state index in [1.807, 2.05) is 6.92 Å². The first-order valence-corrected chi connectivity index (χ1v) is 5.90. The summed E-state index contributed by atoms with van der Waals surface area (Å²) in [6.07, 6.45) is 2.59. The van der Waals surface area contributed by atoms with Gasteiger partial charge < -0.3 is 9.64 Å². The molecule has 0 spiro atoms. The average molecular weight is 234 g/mol. The van der Waals surface area contributed by atoms with Crippen LogP contribution in [-0.4, -0.2) is 40.9 Å². The average Bonchev–Trinajstić information content (AvgIpc) is 3.07. The van der Waals surface area contributed by atoms with Gasteiger partial charge in [-0.05, 0) is 26.8 Å². The number of ether oxygens (including phenoxy) is 1. The van der Waals surface area contributed by atoms with Crippen molar-refractivity contribution in [2.75, 3.05) is 20.2 Å². The lowest BCUT2D eigenvalue weighted by atomic mass is 10.3. The molecule has 1 aromatic heterocycles. The second-order valence-electron chi connectivity index (χ2n) is 4.56. The van der Waals surface area contributed by atoms with Crippen LogP contribution in [-0.2, 0) is 7.05 Å². The quantitative estimate of drug-likeness (QED) is 0.765. The normalized spacial score (nSPS) is 15.0. The van der Waals surface area contributed by atoms with Crippen molar-refractivity contribution >= 4 is 0 Å². The van der Waals surface area contributed by atoms with Gasteiger partial charge in [0.25, 0.3) is 0 Å². The van der Waals surface area contributed by atoms with Crippen LogP contribution in [0.15, 0.2) is 0 Å². The van der Waals surface area contributed by atoms with Crippen LogP contribution in [0.25, 0.3) is 0 Å². The molecule has 0 N–H and O–H groups in total. The first kappa shape index (κ1) is 11.9. The Labute approximate surface area is 102 Å². The lowest BCUT2D eigenvalue weighted by Crippen LogP contribution is -2.26. The molecule has 1 heterocycles. The van der Waals surface area contributed by atoms with Gasteiger partial charge in [0.2, 0.25) is 5.88 Å². The van der Waals surface area contributed by atoms with E-state index in [2.05, 4.69) is 23.1 Å². The molecule has 0 radical (unpaired) electrons. The largest absolute Gasteiger partial charge is 0.476 e. The maximum absolute atomic E-state index is 9.03. The zero-order valence-corrected chi connectivity index (χ0v) is 10.6. The Bertz CT molecular complexity index is 442. The van der Waals surface area contributed by atoms with Gasteiger partial charge in [0.05, 0.1) is 5.69 Å². The predicted octanol–water partition coefficient (Wildman–Crippen LogP) is 1.07. The SMILES string of the molecule is Cc1nn(C)c(OCCN(C)C2CC2)c1C#N. The third-order valence-corrected chi connectivity index (χ3v) is 3.13. The minimum Gasteiger partial charge on any atom is -0.476 e. The van der Waals surface area contributed by atoms with Crippen LogP contribution < -0.4 is 4.74 Å². The summed E-state index contributed by atoms with van der Waals surface area (Å²) in [5.74, 6) is 0.578. The van der Waals surface area contributed by atoms with Crippen LogP contribution in [0.1, 0.15) is 24.1 Å². The highest BCUT2D eigenvalue weighted by Gasteiger charge is 2.25. The second kappa shape index (κ2) is 4.76. The first-order valence-electron chi connectivity index (χ1n) is 5.90. The maximum atomic E-state index is 9.03. The maximum Gasteiger partial charge on any atom is 0.230 e. The van der Waals surface area contributed by atoms with E-state index in [1.165, 1.54) is 12.8 Å². The topological polar surface area (TPSA) is 54.1 Å². The van der Waals surface area contributed by atoms with Gasteiger partial charge in [-0.1, -0.05) is 0 Å². The summed E-state index contributed by atoms with van der Waals surface area (Å²) in [6.45, 7) is 3.31. The van der Waals surface area contributed by atoms with E-state index in [9.17, 15) is 0 Å². The Morgan fingerprint density at radius 3 is 2.88 bits per heavy atom. The van der Waals surface area contributed by atoms with Crippen molar-refractivity contribution in [3.05, 3.63) is 11.3 Å². The summed E-state index contributed by atoms with van der Waals surface area (Å²) in [4.78, 5) is 2.30. The molecule has 0 bridgehead atoms. The van der Waals surface area contributed by atoms with Crippen LogP contribution >= 0.6 is 0 Å². The molecule has 1 aliphatic carbocycles. The first-order chi connectivity index (χ1) is 8.13. The van der Waals surface area contributed by atoms with Gasteiger partial charge in [-0.3, -0.25) is 0 Å². The molecule has 0 saturated heterocycles. The van der Waals surface area contributed by atoms with Crippen molar-refractivity contribution in [2.45, 2.75) is 25.8 Å². The zero-order valence-electron chi connectivity index (χ0n) is 10.6. The van der Waals surface area contributed by atoms with Gasteiger partial charge in [-0.25, -0.2) is 4.68 Å². The van der Waals surface area contributed by atoms with Crippen molar-refractivity contribution in [2.24, 2.45) is 7.05 Å². The fourth-order valence-corrected chi connectivity index (χ4v) is 1.92. The van der Waals surface area contributed by atoms with Crippen molar-refractivity contribution < 1.29 is 4.74 Å². The van der Waals surface area contributed by atoms with Crippen LogP contribution in [0.5, 0.6) is 5.88 Å². The molecular weight excluding hydrogens is 216 g/mol. The van der Waals surface area contributed by atoms with Crippen molar-refractivity contribution in [1.29, 1.82) is 5.26 Å². The number of hydrogen-bond donors (Lipinski definition) is 0. The van der Waals surface area contributed by atoms with Crippen LogP contribution in [0.2, 0.25) is 0 Å². The number of nitrogens with zero attached hydrogens (tertiary/aromatic N) is 4. The van der Waals surface area contributed by atoms with Gasteiger partial charge in [-0.15, -0.1) is 0 Å². The third kappa shape index (κ3) is 2.59. The van der Waals surface area contributed by atoms with Crippen molar-refractivity contribution in [3.63, 3.8) is 0 Å². The Kier molecular flexibility index (Phi) is 3.34. The number of aryl methyl sites for hydroxylation is 2. The highest BCUT2D eigenvalue weighted by Crippen LogP contribution is 2.25. The number of aromatic nitrogens is 2. The predicted molar refractivity (Wildman–Crippen MR) is 63.8 cm³/mol. The van der Waals surface area contributed by atoms with Crippen LogP contribution in [0.3, 0.4) is 0 Å². The summed E-state index contributed by atoms with van der Waals surface area (Å²) >= 11 is 0. The Hall–Kier alpha value is -1.54. The van der Waals surface area contributed by atoms with E-state index in [4.69, 9.17) is 10.00 Å². The summed E-state index contributed by atoms with van der Waals surface area (Å²) in [7, 11) is 3.91. The Balaban J connectivity index is 1.92. The zero-order chi connectivity index (χ0) is 12.4. The molecule has 1 fully saturated rings. The van der Waals surface area contributed by atoms with Crippen molar-refractivity contribution in [1.82, 2.24) is 14.7 Å². The summed E-state index contributed by atoms with van der Waals surface area (Å²) in [6, 6.07) is 2.87. The molecule has 5 heteroatoms. The van der Waals surface area contributed by atoms with E-state index >= 15 is 0 Å². The summed E-state index contributed by atoms with van der Waals surface area (Å²) in [5.41, 5.74) is 1.27. The summed E-state index contributed by atoms with van der Waals surface area (Å²) < 4.78 is 7.29. The van der Waals surface area contributed by atoms with E-state index < -0.39 is 0 Å². The van der Waals surface area contributed by atoms with E-state index in [0.717, 1.165) is 18.3 Å². The Morgan fingerprint density at radius 1 is 1.59 bits per heavy atom. The van der Waals surface area contributed by atoms with Crippen LogP contribution in [0, 0.1) is 18.3 Å². The molecule has 0 aliphatic heterocycles.